The van der Waals surface area contributed by atoms with Crippen LogP contribution in [0.25, 0.3) is 0 Å². The van der Waals surface area contributed by atoms with Gasteiger partial charge in [-0.05, 0) is 67.6 Å². The molecule has 7 nitrogen and oxygen atoms in total. The second-order valence-corrected chi connectivity index (χ2v) is 7.75. The van der Waals surface area contributed by atoms with Crippen LogP contribution in [-0.2, 0) is 17.8 Å². The van der Waals surface area contributed by atoms with Gasteiger partial charge in [0.05, 0.1) is 0 Å². The molecular weight excluding hydrogens is 392 g/mol. The first-order valence-electron chi connectivity index (χ1n) is 10.3. The van der Waals surface area contributed by atoms with Crippen molar-refractivity contribution in [3.8, 4) is 0 Å². The molecule has 0 unspecified atom stereocenters. The van der Waals surface area contributed by atoms with Gasteiger partial charge in [-0.2, -0.15) is 5.10 Å². The molecule has 158 valence electrons. The van der Waals surface area contributed by atoms with Gasteiger partial charge in [0.2, 0.25) is 5.91 Å². The Hall–Kier alpha value is -3.74. The van der Waals surface area contributed by atoms with Crippen molar-refractivity contribution in [2.75, 3.05) is 16.8 Å². The first-order chi connectivity index (χ1) is 14.9. The number of benzene rings is 2. The molecule has 2 amide bonds. The van der Waals surface area contributed by atoms with Gasteiger partial charge in [-0.3, -0.25) is 14.4 Å². The van der Waals surface area contributed by atoms with Gasteiger partial charge in [0.25, 0.3) is 11.5 Å². The molecule has 0 atom stereocenters. The summed E-state index contributed by atoms with van der Waals surface area (Å²) in [5, 5.41) is 6.93. The molecule has 1 aliphatic rings. The van der Waals surface area contributed by atoms with Crippen molar-refractivity contribution in [1.82, 2.24) is 9.78 Å². The maximum atomic E-state index is 12.9. The topological polar surface area (TPSA) is 84.3 Å². The minimum absolute atomic E-state index is 0.0738. The van der Waals surface area contributed by atoms with Crippen molar-refractivity contribution in [3.05, 3.63) is 87.3 Å². The summed E-state index contributed by atoms with van der Waals surface area (Å²) >= 11 is 0. The fourth-order valence-corrected chi connectivity index (χ4v) is 3.70. The Bertz CT molecular complexity index is 1220. The van der Waals surface area contributed by atoms with E-state index in [1.165, 1.54) is 12.1 Å². The molecule has 4 rings (SSSR count). The van der Waals surface area contributed by atoms with Gasteiger partial charge in [-0.1, -0.05) is 24.3 Å². The predicted octanol–water partition coefficient (Wildman–Crippen LogP) is 3.09. The van der Waals surface area contributed by atoms with E-state index in [0.717, 1.165) is 39.9 Å². The molecule has 0 fully saturated rings. The summed E-state index contributed by atoms with van der Waals surface area (Å²) in [6, 6.07) is 16.0. The molecule has 0 saturated carbocycles. The Morgan fingerprint density at radius 1 is 1.03 bits per heavy atom. The van der Waals surface area contributed by atoms with Crippen LogP contribution in [0.2, 0.25) is 0 Å². The van der Waals surface area contributed by atoms with Crippen LogP contribution in [0.15, 0.2) is 59.4 Å². The zero-order valence-corrected chi connectivity index (χ0v) is 17.6. The lowest BCUT2D eigenvalue weighted by Crippen LogP contribution is -2.40. The Morgan fingerprint density at radius 2 is 1.84 bits per heavy atom. The van der Waals surface area contributed by atoms with Crippen LogP contribution in [0, 0.1) is 13.8 Å². The summed E-state index contributed by atoms with van der Waals surface area (Å²) in [6.45, 7) is 4.33. The van der Waals surface area contributed by atoms with Crippen molar-refractivity contribution in [2.24, 2.45) is 0 Å². The Balaban J connectivity index is 1.53. The fourth-order valence-electron chi connectivity index (χ4n) is 3.70. The number of hydrogen-bond acceptors (Lipinski definition) is 4. The molecule has 0 radical (unpaired) electrons. The average Bonchev–Trinajstić information content (AvgIpc) is 2.77. The fraction of sp³-hybridized carbons (Fsp3) is 0.250. The third kappa shape index (κ3) is 4.40. The first-order valence-corrected chi connectivity index (χ1v) is 10.3. The van der Waals surface area contributed by atoms with E-state index >= 15 is 0 Å². The summed E-state index contributed by atoms with van der Waals surface area (Å²) < 4.78 is 1.05. The van der Waals surface area contributed by atoms with E-state index in [2.05, 4.69) is 10.4 Å². The average molecular weight is 416 g/mol. The Labute approximate surface area is 180 Å². The zero-order chi connectivity index (χ0) is 22.0. The number of aromatic nitrogens is 2. The number of para-hydroxylation sites is 1. The summed E-state index contributed by atoms with van der Waals surface area (Å²) in [6.07, 6.45) is 1.79. The smallest absolute Gasteiger partial charge is 0.276 e. The highest BCUT2D eigenvalue weighted by Crippen LogP contribution is 2.26. The molecule has 0 bridgehead atoms. The highest BCUT2D eigenvalue weighted by molar-refractivity contribution is 6.02. The molecule has 3 aromatic rings. The number of carbonyl (C=O) groups is 2. The minimum atomic E-state index is -0.437. The van der Waals surface area contributed by atoms with Gasteiger partial charge >= 0.3 is 0 Å². The number of aryl methyl sites for hydroxylation is 3. The monoisotopic (exact) mass is 416 g/mol. The minimum Gasteiger partial charge on any atom is -0.321 e. The number of rotatable bonds is 4. The number of anilines is 2. The highest BCUT2D eigenvalue weighted by atomic mass is 16.2. The van der Waals surface area contributed by atoms with E-state index < -0.39 is 11.5 Å². The Kier molecular flexibility index (Phi) is 5.66. The molecule has 2 heterocycles. The van der Waals surface area contributed by atoms with Crippen LogP contribution in [-0.4, -0.2) is 28.1 Å². The quantitative estimate of drug-likeness (QED) is 0.708. The van der Waals surface area contributed by atoms with Crippen molar-refractivity contribution in [1.29, 1.82) is 0 Å². The van der Waals surface area contributed by atoms with Crippen molar-refractivity contribution >= 4 is 23.2 Å². The van der Waals surface area contributed by atoms with Gasteiger partial charge in [-0.25, -0.2) is 4.68 Å². The van der Waals surface area contributed by atoms with Crippen molar-refractivity contribution in [2.45, 2.75) is 33.2 Å². The number of nitrogens with zero attached hydrogens (tertiary/aromatic N) is 3. The first kappa shape index (κ1) is 20.5. The van der Waals surface area contributed by atoms with E-state index in [1.54, 1.807) is 4.90 Å². The third-order valence-electron chi connectivity index (χ3n) is 5.56. The molecule has 1 aromatic heterocycles. The molecule has 0 aliphatic carbocycles. The molecule has 1 aliphatic heterocycles. The number of hydrogen-bond donors (Lipinski definition) is 1. The van der Waals surface area contributed by atoms with Crippen LogP contribution in [0.4, 0.5) is 11.4 Å². The van der Waals surface area contributed by atoms with Crippen LogP contribution in [0.1, 0.15) is 33.6 Å². The van der Waals surface area contributed by atoms with Crippen LogP contribution in [0.5, 0.6) is 0 Å². The standard InChI is InChI=1S/C24H24N4O3/c1-16-9-10-19(14-17(16)2)25-24(31)20-11-12-22(29)28(26-20)15-23(30)27-13-5-7-18-6-3-4-8-21(18)27/h3-4,6,8-12,14H,5,7,13,15H2,1-2H3,(H,25,31). The van der Waals surface area contributed by atoms with Gasteiger partial charge in [0.15, 0.2) is 0 Å². The summed E-state index contributed by atoms with van der Waals surface area (Å²) in [7, 11) is 0. The predicted molar refractivity (Wildman–Crippen MR) is 119 cm³/mol. The molecule has 31 heavy (non-hydrogen) atoms. The maximum absolute atomic E-state index is 12.9. The molecule has 0 saturated heterocycles. The van der Waals surface area contributed by atoms with Crippen LogP contribution >= 0.6 is 0 Å². The van der Waals surface area contributed by atoms with Crippen LogP contribution in [0.3, 0.4) is 0 Å². The normalized spacial score (nSPS) is 12.9. The lowest BCUT2D eigenvalue weighted by atomic mass is 10.0. The maximum Gasteiger partial charge on any atom is 0.276 e. The van der Waals surface area contributed by atoms with E-state index in [-0.39, 0.29) is 18.1 Å². The molecule has 0 spiro atoms. The molecule has 2 aromatic carbocycles. The van der Waals surface area contributed by atoms with E-state index in [9.17, 15) is 14.4 Å². The number of fused-ring (bicyclic) bond motifs is 1. The highest BCUT2D eigenvalue weighted by Gasteiger charge is 2.23. The lowest BCUT2D eigenvalue weighted by molar-refractivity contribution is -0.119. The van der Waals surface area contributed by atoms with Crippen molar-refractivity contribution in [3.63, 3.8) is 0 Å². The lowest BCUT2D eigenvalue weighted by Gasteiger charge is -2.29. The molecule has 1 N–H and O–H groups in total. The Morgan fingerprint density at radius 3 is 2.65 bits per heavy atom. The van der Waals surface area contributed by atoms with E-state index in [1.807, 2.05) is 56.3 Å². The van der Waals surface area contributed by atoms with Gasteiger partial charge < -0.3 is 10.2 Å². The molecule has 7 heteroatoms. The number of carbonyl (C=O) groups excluding carboxylic acids is 2. The zero-order valence-electron chi connectivity index (χ0n) is 17.6. The van der Waals surface area contributed by atoms with Gasteiger partial charge in [0.1, 0.15) is 12.2 Å². The van der Waals surface area contributed by atoms with E-state index in [0.29, 0.717) is 12.2 Å². The second-order valence-electron chi connectivity index (χ2n) is 7.75. The third-order valence-corrected chi connectivity index (χ3v) is 5.56. The van der Waals surface area contributed by atoms with Crippen LogP contribution < -0.4 is 15.8 Å². The number of amides is 2. The summed E-state index contributed by atoms with van der Waals surface area (Å²) in [5.74, 6) is -0.666. The van der Waals surface area contributed by atoms with Crippen molar-refractivity contribution < 1.29 is 9.59 Å². The van der Waals surface area contributed by atoms with Gasteiger partial charge in [-0.15, -0.1) is 0 Å². The second kappa shape index (κ2) is 8.55. The summed E-state index contributed by atoms with van der Waals surface area (Å²) in [5.41, 5.74) is 4.46. The number of nitrogens with one attached hydrogen (secondary N) is 1. The SMILES string of the molecule is Cc1ccc(NC(=O)c2ccc(=O)n(CC(=O)N3CCCc4ccccc43)n2)cc1C. The molecular formula is C24H24N4O3. The van der Waals surface area contributed by atoms with Gasteiger partial charge in [0, 0.05) is 24.0 Å². The summed E-state index contributed by atoms with van der Waals surface area (Å²) in [4.78, 5) is 39.6. The largest absolute Gasteiger partial charge is 0.321 e. The van der Waals surface area contributed by atoms with E-state index in [4.69, 9.17) is 0 Å².